The number of furan rings is 1. The molecule has 0 amide bonds. The molecule has 0 unspecified atom stereocenters. The van der Waals surface area contributed by atoms with Gasteiger partial charge in [-0.2, -0.15) is 0 Å². The van der Waals surface area contributed by atoms with E-state index in [0.717, 1.165) is 71.3 Å². The SMILES string of the molecule is Cc1cc(-c2ccccc2)cc(C)c1-n1c(-c2[c-]ccc3c2oc2ccccc23)nc2ccccc21.[2H]C([2H])(c1cc(-c2[c-]cccc2)nc[c]1[Ge]([CH3])([CH3])[CH3])C(C)C.[Ir]. The van der Waals surface area contributed by atoms with E-state index in [1.807, 2.05) is 80.7 Å². The number of aromatic nitrogens is 3. The summed E-state index contributed by atoms with van der Waals surface area (Å²) in [7, 11) is 0. The third-order valence-corrected chi connectivity index (χ3v) is 14.3. The van der Waals surface area contributed by atoms with Gasteiger partial charge in [-0.1, -0.05) is 71.6 Å². The van der Waals surface area contributed by atoms with Gasteiger partial charge in [-0.25, -0.2) is 0 Å². The summed E-state index contributed by atoms with van der Waals surface area (Å²) in [6.07, 6.45) is 0.562. The van der Waals surface area contributed by atoms with E-state index in [0.29, 0.717) is 0 Å². The van der Waals surface area contributed by atoms with Crippen molar-refractivity contribution in [2.24, 2.45) is 5.92 Å². The Bertz CT molecular complexity index is 2890. The smallest absolute Gasteiger partial charge is 0 e. The fraction of sp³-hybridized carbons (Fsp3) is 0.176. The summed E-state index contributed by atoms with van der Waals surface area (Å²) in [6, 6.07) is 51.9. The molecular formula is C51H47GeIrN3O-2. The van der Waals surface area contributed by atoms with Crippen LogP contribution in [0.3, 0.4) is 0 Å². The number of nitrogens with zero attached hydrogens (tertiary/aromatic N) is 3. The average molecular weight is 985 g/mol. The molecule has 9 rings (SSSR count). The first-order valence-corrected chi connectivity index (χ1v) is 26.6. The van der Waals surface area contributed by atoms with E-state index in [2.05, 4.69) is 126 Å². The molecule has 57 heavy (non-hydrogen) atoms. The largest absolute Gasteiger partial charge is 0 e. The van der Waals surface area contributed by atoms with E-state index in [-0.39, 0.29) is 26.0 Å². The Hall–Kier alpha value is -5.07. The minimum Gasteiger partial charge on any atom is 0 e. The summed E-state index contributed by atoms with van der Waals surface area (Å²) in [6.45, 7) is 8.24. The van der Waals surface area contributed by atoms with Crippen LogP contribution in [-0.2, 0) is 26.5 Å². The van der Waals surface area contributed by atoms with Crippen molar-refractivity contribution in [3.8, 4) is 39.5 Å². The summed E-state index contributed by atoms with van der Waals surface area (Å²) in [5.41, 5.74) is 13.0. The Labute approximate surface area is 355 Å². The minimum atomic E-state index is -2.20. The maximum atomic E-state index is 8.56. The Morgan fingerprint density at radius 1 is 0.754 bits per heavy atom. The van der Waals surface area contributed by atoms with Gasteiger partial charge in [0.1, 0.15) is 5.58 Å². The van der Waals surface area contributed by atoms with E-state index in [1.54, 1.807) is 0 Å². The molecule has 3 aromatic heterocycles. The zero-order chi connectivity index (χ0) is 40.8. The molecule has 0 saturated carbocycles. The van der Waals surface area contributed by atoms with Crippen molar-refractivity contribution in [2.45, 2.75) is 51.3 Å². The topological polar surface area (TPSA) is 43.9 Å². The van der Waals surface area contributed by atoms with Gasteiger partial charge in [0.05, 0.1) is 22.4 Å². The Morgan fingerprint density at radius 2 is 1.46 bits per heavy atom. The van der Waals surface area contributed by atoms with Crippen LogP contribution in [0.4, 0.5) is 0 Å². The van der Waals surface area contributed by atoms with Crippen molar-refractivity contribution in [3.05, 3.63) is 168 Å². The first kappa shape index (κ1) is 37.5. The number of benzene rings is 6. The molecule has 0 atom stereocenters. The standard InChI is InChI=1S/C33H23N2O.C18H24GeN.Ir/c1-21-19-24(23-11-4-3-5-12-23)20-22(2)31(21)35-29-17-8-7-16-28(29)34-33(35)27-15-10-14-26-25-13-6-9-18-30(25)36-32(26)27;1-14(2)11-16-12-18(15-9-7-6-8-10-15)20-13-17(16)19(3,4)5;/h3-14,16-20H,1-2H3;6-9,12-14H,11H2,1-5H3;/q2*-1;/i;11D2;. The molecule has 3 heterocycles. The van der Waals surface area contributed by atoms with E-state index < -0.39 is 19.6 Å². The molecule has 0 aliphatic heterocycles. The second-order valence-electron chi connectivity index (χ2n) is 15.7. The summed E-state index contributed by atoms with van der Waals surface area (Å²) in [4.78, 5) is 9.71. The predicted octanol–water partition coefficient (Wildman–Crippen LogP) is 13.0. The van der Waals surface area contributed by atoms with E-state index in [9.17, 15) is 0 Å². The number of rotatable bonds is 7. The molecule has 0 spiro atoms. The maximum absolute atomic E-state index is 8.56. The van der Waals surface area contributed by atoms with E-state index >= 15 is 0 Å². The van der Waals surface area contributed by atoms with Crippen molar-refractivity contribution < 1.29 is 27.3 Å². The molecule has 0 fully saturated rings. The van der Waals surface area contributed by atoms with Gasteiger partial charge in [-0.15, -0.1) is 18.2 Å². The first-order chi connectivity index (χ1) is 27.8. The molecule has 9 aromatic rings. The molecule has 0 N–H and O–H groups in total. The Balaban J connectivity index is 0.000000199. The minimum absolute atomic E-state index is 0. The monoisotopic (exact) mass is 986 g/mol. The summed E-state index contributed by atoms with van der Waals surface area (Å²) < 4.78 is 26.9. The molecule has 4 nitrogen and oxygen atoms in total. The van der Waals surface area contributed by atoms with Gasteiger partial charge in [0, 0.05) is 31.2 Å². The zero-order valence-corrected chi connectivity index (χ0v) is 37.9. The molecule has 0 bridgehead atoms. The van der Waals surface area contributed by atoms with Crippen molar-refractivity contribution in [1.82, 2.24) is 14.5 Å². The molecule has 6 heteroatoms. The van der Waals surface area contributed by atoms with Crippen molar-refractivity contribution >= 4 is 50.6 Å². The molecule has 0 aliphatic carbocycles. The van der Waals surface area contributed by atoms with Crippen molar-refractivity contribution in [1.29, 1.82) is 0 Å². The number of aryl methyl sites for hydroxylation is 2. The van der Waals surface area contributed by atoms with Crippen LogP contribution in [-0.4, -0.2) is 27.8 Å². The number of hydrogen-bond acceptors (Lipinski definition) is 3. The summed E-state index contributed by atoms with van der Waals surface area (Å²) >= 11 is -2.20. The predicted molar refractivity (Wildman–Crippen MR) is 238 cm³/mol. The fourth-order valence-electron chi connectivity index (χ4n) is 7.57. The molecule has 6 aromatic carbocycles. The normalized spacial score (nSPS) is 12.3. The third-order valence-electron chi connectivity index (χ3n) is 10.1. The molecular weight excluding hydrogens is 935 g/mol. The van der Waals surface area contributed by atoms with Crippen LogP contribution in [0.25, 0.3) is 72.4 Å². The number of hydrogen-bond donors (Lipinski definition) is 0. The van der Waals surface area contributed by atoms with Gasteiger partial charge < -0.3 is 8.98 Å². The molecule has 0 aliphatic rings. The van der Waals surface area contributed by atoms with Crippen LogP contribution in [0.1, 0.15) is 33.3 Å². The fourth-order valence-corrected chi connectivity index (χ4v) is 10.5. The van der Waals surface area contributed by atoms with Crippen LogP contribution in [0, 0.1) is 31.9 Å². The zero-order valence-electron chi connectivity index (χ0n) is 35.4. The quantitative estimate of drug-likeness (QED) is 0.118. The first-order valence-electron chi connectivity index (χ1n) is 20.3. The number of fused-ring (bicyclic) bond motifs is 4. The summed E-state index contributed by atoms with van der Waals surface area (Å²) in [5, 5.41) is 2.18. The second-order valence-corrected chi connectivity index (χ2v) is 26.3. The summed E-state index contributed by atoms with van der Waals surface area (Å²) in [5.74, 6) is 7.60. The Kier molecular flexibility index (Phi) is 11.1. The van der Waals surface area contributed by atoms with E-state index in [4.69, 9.17) is 12.1 Å². The number of pyridine rings is 1. The van der Waals surface area contributed by atoms with Crippen LogP contribution < -0.4 is 4.40 Å². The average Bonchev–Trinajstić information content (AvgIpc) is 3.80. The van der Waals surface area contributed by atoms with Crippen LogP contribution in [0.5, 0.6) is 0 Å². The maximum Gasteiger partial charge on any atom is 0 e. The third kappa shape index (κ3) is 8.20. The van der Waals surface area contributed by atoms with Crippen LogP contribution in [0.2, 0.25) is 17.3 Å². The van der Waals surface area contributed by atoms with Crippen molar-refractivity contribution in [2.75, 3.05) is 0 Å². The van der Waals surface area contributed by atoms with Gasteiger partial charge in [-0.05, 0) is 66.4 Å². The van der Waals surface area contributed by atoms with Gasteiger partial charge in [0.15, 0.2) is 0 Å². The van der Waals surface area contributed by atoms with Crippen molar-refractivity contribution in [3.63, 3.8) is 0 Å². The van der Waals surface area contributed by atoms with Crippen LogP contribution in [0.15, 0.2) is 144 Å². The van der Waals surface area contributed by atoms with Gasteiger partial charge in [0.2, 0.25) is 0 Å². The molecule has 0 saturated heterocycles. The van der Waals surface area contributed by atoms with E-state index in [1.165, 1.54) is 22.3 Å². The van der Waals surface area contributed by atoms with Gasteiger partial charge in [-0.3, -0.25) is 4.98 Å². The second kappa shape index (κ2) is 16.8. The Morgan fingerprint density at radius 3 is 2.18 bits per heavy atom. The number of para-hydroxylation sites is 3. The molecule has 1 radical (unpaired) electrons. The number of imidazole rings is 1. The van der Waals surface area contributed by atoms with Crippen LogP contribution >= 0.6 is 0 Å². The van der Waals surface area contributed by atoms with Gasteiger partial charge >= 0.3 is 128 Å². The molecule has 287 valence electrons. The van der Waals surface area contributed by atoms with Gasteiger partial charge in [0.25, 0.3) is 0 Å².